The average molecular weight is 355 g/mol. The Morgan fingerprint density at radius 1 is 1.04 bits per heavy atom. The van der Waals surface area contributed by atoms with E-state index in [1.807, 2.05) is 0 Å². The largest absolute Gasteiger partial charge is 0.478 e. The summed E-state index contributed by atoms with van der Waals surface area (Å²) in [6, 6.07) is 18.1. The first-order valence-electron chi connectivity index (χ1n) is 8.29. The van der Waals surface area contributed by atoms with Gasteiger partial charge >= 0.3 is 5.97 Å². The number of rotatable bonds is 2. The van der Waals surface area contributed by atoms with E-state index < -0.39 is 11.8 Å². The van der Waals surface area contributed by atoms with Gasteiger partial charge in [-0.1, -0.05) is 42.3 Å². The molecule has 0 saturated heterocycles. The number of aromatic nitrogens is 1. The third-order valence-electron chi connectivity index (χ3n) is 4.50. The second-order valence-corrected chi connectivity index (χ2v) is 6.13. The highest BCUT2D eigenvalue weighted by molar-refractivity contribution is 5.99. The van der Waals surface area contributed by atoms with E-state index in [4.69, 9.17) is 6.42 Å². The van der Waals surface area contributed by atoms with E-state index in [9.17, 15) is 14.3 Å². The van der Waals surface area contributed by atoms with E-state index in [2.05, 4.69) is 35.2 Å². The number of halogens is 1. The quantitative estimate of drug-likeness (QED) is 0.421. The van der Waals surface area contributed by atoms with Crippen molar-refractivity contribution in [2.24, 2.45) is 0 Å². The predicted octanol–water partition coefficient (Wildman–Crippen LogP) is 5.32. The van der Waals surface area contributed by atoms with Crippen molar-refractivity contribution in [2.75, 3.05) is 0 Å². The van der Waals surface area contributed by atoms with Crippen molar-refractivity contribution in [1.29, 1.82) is 0 Å². The van der Waals surface area contributed by atoms with E-state index in [0.29, 0.717) is 16.5 Å². The number of hydrogen-bond acceptors (Lipinski definition) is 1. The van der Waals surface area contributed by atoms with Crippen LogP contribution in [0.25, 0.3) is 33.2 Å². The Morgan fingerprint density at radius 2 is 1.78 bits per heavy atom. The molecule has 0 bridgehead atoms. The van der Waals surface area contributed by atoms with Crippen molar-refractivity contribution in [3.63, 3.8) is 0 Å². The molecule has 4 heteroatoms. The molecule has 130 valence electrons. The van der Waals surface area contributed by atoms with Crippen LogP contribution in [0.1, 0.15) is 15.9 Å². The minimum atomic E-state index is -1.15. The highest BCUT2D eigenvalue weighted by Gasteiger charge is 2.19. The van der Waals surface area contributed by atoms with Crippen molar-refractivity contribution in [3.8, 4) is 34.6 Å². The smallest absolute Gasteiger partial charge is 0.336 e. The molecule has 0 unspecified atom stereocenters. The molecule has 0 radical (unpaired) electrons. The number of carboxylic acid groups (broad SMARTS) is 1. The van der Waals surface area contributed by atoms with Crippen molar-refractivity contribution in [2.45, 2.75) is 0 Å². The summed E-state index contributed by atoms with van der Waals surface area (Å²) in [5.74, 6) is 0.762. The lowest BCUT2D eigenvalue weighted by atomic mass is 9.93. The summed E-state index contributed by atoms with van der Waals surface area (Å²) in [5.41, 5.74) is 3.91. The van der Waals surface area contributed by atoms with E-state index in [1.54, 1.807) is 36.5 Å². The molecule has 2 aliphatic rings. The van der Waals surface area contributed by atoms with Gasteiger partial charge in [0.05, 0.1) is 11.1 Å². The standard InChI is InChI=1S/C17H10FNO2.C6H4/c1-2-10-4-3-5-13(17(20)21)14(10)12-7-6-11-8-9-19-16(11)15(12)18;1-2-5-4-6(5)3-1/h1,3-9,19H,(H,20,21);1-4H. The molecule has 0 fully saturated rings. The second-order valence-electron chi connectivity index (χ2n) is 6.13. The summed E-state index contributed by atoms with van der Waals surface area (Å²) in [6.07, 6.45) is 7.05. The number of fused-ring (bicyclic) bond motifs is 2. The van der Waals surface area contributed by atoms with Crippen molar-refractivity contribution >= 4 is 16.9 Å². The SMILES string of the molecule is C#Cc1cccc(C(=O)O)c1-c1ccc2cc[nH]c2c1F.c1cc2cc-2c1. The Balaban J connectivity index is 0.000000250. The molecule has 2 aliphatic carbocycles. The fraction of sp³-hybridized carbons (Fsp3) is 0. The van der Waals surface area contributed by atoms with Crippen LogP contribution in [-0.4, -0.2) is 16.1 Å². The topological polar surface area (TPSA) is 53.1 Å². The first-order valence-corrected chi connectivity index (χ1v) is 8.29. The van der Waals surface area contributed by atoms with Crippen molar-refractivity contribution < 1.29 is 14.3 Å². The molecule has 0 atom stereocenters. The van der Waals surface area contributed by atoms with Gasteiger partial charge in [-0.2, -0.15) is 0 Å². The van der Waals surface area contributed by atoms with Crippen molar-refractivity contribution in [3.05, 3.63) is 83.8 Å². The van der Waals surface area contributed by atoms with Gasteiger partial charge in [0, 0.05) is 28.3 Å². The molecule has 1 heterocycles. The van der Waals surface area contributed by atoms with Crippen LogP contribution in [0.3, 0.4) is 0 Å². The van der Waals surface area contributed by atoms with Crippen LogP contribution < -0.4 is 0 Å². The number of carbonyl (C=O) groups is 1. The van der Waals surface area contributed by atoms with Crippen molar-refractivity contribution in [1.82, 2.24) is 4.98 Å². The van der Waals surface area contributed by atoms with Crippen LogP contribution in [-0.2, 0) is 0 Å². The van der Waals surface area contributed by atoms with Gasteiger partial charge in [-0.3, -0.25) is 0 Å². The normalized spacial score (nSPS) is 10.7. The number of nitrogens with one attached hydrogen (secondary N) is 1. The predicted molar refractivity (Wildman–Crippen MR) is 104 cm³/mol. The zero-order chi connectivity index (χ0) is 19.0. The minimum absolute atomic E-state index is 0.0183. The van der Waals surface area contributed by atoms with E-state index in [1.165, 1.54) is 17.2 Å². The Morgan fingerprint density at radius 3 is 2.37 bits per heavy atom. The Labute approximate surface area is 155 Å². The molecule has 3 aromatic rings. The second kappa shape index (κ2) is 6.47. The van der Waals surface area contributed by atoms with Gasteiger partial charge in [0.25, 0.3) is 0 Å². The first kappa shape index (κ1) is 16.6. The molecular weight excluding hydrogens is 341 g/mol. The summed E-state index contributed by atoms with van der Waals surface area (Å²) in [7, 11) is 0. The monoisotopic (exact) mass is 355 g/mol. The number of aromatic amines is 1. The average Bonchev–Trinajstić information content (AvgIpc) is 3.08. The van der Waals surface area contributed by atoms with Gasteiger partial charge in [0.2, 0.25) is 0 Å². The molecule has 0 spiro atoms. The lowest BCUT2D eigenvalue weighted by Crippen LogP contribution is -2.02. The molecule has 27 heavy (non-hydrogen) atoms. The van der Waals surface area contributed by atoms with Crippen LogP contribution in [0.5, 0.6) is 0 Å². The number of H-pyrrole nitrogens is 1. The molecule has 3 nitrogen and oxygen atoms in total. The van der Waals surface area contributed by atoms with Crippen LogP contribution in [0.4, 0.5) is 4.39 Å². The lowest BCUT2D eigenvalue weighted by molar-refractivity contribution is 0.0697. The maximum Gasteiger partial charge on any atom is 0.336 e. The summed E-state index contributed by atoms with van der Waals surface area (Å²) in [5, 5.41) is 10.0. The molecule has 5 rings (SSSR count). The molecule has 1 aromatic heterocycles. The highest BCUT2D eigenvalue weighted by Crippen LogP contribution is 2.33. The third-order valence-corrected chi connectivity index (χ3v) is 4.50. The number of hydrogen-bond donors (Lipinski definition) is 2. The molecule has 0 amide bonds. The third kappa shape index (κ3) is 2.96. The first-order chi connectivity index (χ1) is 13.1. The summed E-state index contributed by atoms with van der Waals surface area (Å²) >= 11 is 0. The summed E-state index contributed by atoms with van der Waals surface area (Å²) < 4.78 is 14.7. The number of aromatic carboxylic acids is 1. The molecule has 0 aliphatic heterocycles. The van der Waals surface area contributed by atoms with E-state index in [0.717, 1.165) is 0 Å². The zero-order valence-electron chi connectivity index (χ0n) is 14.2. The van der Waals surface area contributed by atoms with Gasteiger partial charge in [-0.25, -0.2) is 9.18 Å². The number of carboxylic acids is 1. The van der Waals surface area contributed by atoms with Gasteiger partial charge in [0.1, 0.15) is 0 Å². The van der Waals surface area contributed by atoms with Gasteiger partial charge in [0.15, 0.2) is 5.82 Å². The van der Waals surface area contributed by atoms with Crippen LogP contribution >= 0.6 is 0 Å². The molecule has 2 N–H and O–H groups in total. The van der Waals surface area contributed by atoms with E-state index >= 15 is 0 Å². The Bertz CT molecular complexity index is 1210. The maximum atomic E-state index is 14.7. The fourth-order valence-corrected chi connectivity index (χ4v) is 3.10. The zero-order valence-corrected chi connectivity index (χ0v) is 14.2. The van der Waals surface area contributed by atoms with Crippen LogP contribution in [0, 0.1) is 18.2 Å². The van der Waals surface area contributed by atoms with Gasteiger partial charge < -0.3 is 10.1 Å². The van der Waals surface area contributed by atoms with Gasteiger partial charge in [-0.15, -0.1) is 6.42 Å². The maximum absolute atomic E-state index is 14.7. The summed E-state index contributed by atoms with van der Waals surface area (Å²) in [6.45, 7) is 0. The minimum Gasteiger partial charge on any atom is -0.478 e. The number of terminal acetylenes is 1. The van der Waals surface area contributed by atoms with Gasteiger partial charge in [-0.05, 0) is 35.4 Å². The Hall–Kier alpha value is -3.84. The lowest BCUT2D eigenvalue weighted by Gasteiger charge is -2.11. The molecule has 0 saturated carbocycles. The van der Waals surface area contributed by atoms with Crippen LogP contribution in [0.2, 0.25) is 0 Å². The Kier molecular flexibility index (Phi) is 3.98. The molecular formula is C23H14FNO2. The fourth-order valence-electron chi connectivity index (χ4n) is 3.10. The highest BCUT2D eigenvalue weighted by atomic mass is 19.1. The molecule has 2 aromatic carbocycles. The van der Waals surface area contributed by atoms with Crippen LogP contribution in [0.15, 0.2) is 66.9 Å². The number of benzene rings is 3. The van der Waals surface area contributed by atoms with E-state index in [-0.39, 0.29) is 16.7 Å². The summed E-state index contributed by atoms with van der Waals surface area (Å²) in [4.78, 5) is 14.2.